The third kappa shape index (κ3) is 6.24. The molecule has 0 aliphatic carbocycles. The van der Waals surface area contributed by atoms with Crippen molar-refractivity contribution in [3.8, 4) is 0 Å². The lowest BCUT2D eigenvalue weighted by atomic mass is 10.0. The van der Waals surface area contributed by atoms with Crippen molar-refractivity contribution in [1.29, 1.82) is 0 Å². The van der Waals surface area contributed by atoms with Crippen LogP contribution in [-0.4, -0.2) is 46.9 Å². The van der Waals surface area contributed by atoms with Crippen LogP contribution in [0.1, 0.15) is 36.6 Å². The molecule has 1 unspecified atom stereocenters. The van der Waals surface area contributed by atoms with Crippen LogP contribution in [0.3, 0.4) is 0 Å². The van der Waals surface area contributed by atoms with Gasteiger partial charge >= 0.3 is 0 Å². The maximum atomic E-state index is 13.2. The van der Waals surface area contributed by atoms with E-state index >= 15 is 0 Å². The number of nitrogen functional groups attached to an aromatic ring is 1. The van der Waals surface area contributed by atoms with Gasteiger partial charge in [-0.1, -0.05) is 18.6 Å². The third-order valence-corrected chi connectivity index (χ3v) is 6.14. The summed E-state index contributed by atoms with van der Waals surface area (Å²) in [5.41, 5.74) is 6.40. The molecule has 0 spiro atoms. The van der Waals surface area contributed by atoms with Crippen molar-refractivity contribution in [2.24, 2.45) is 0 Å². The molecule has 3 rings (SSSR count). The van der Waals surface area contributed by atoms with Gasteiger partial charge in [0.15, 0.2) is 5.13 Å². The highest BCUT2D eigenvalue weighted by Crippen LogP contribution is 2.15. The zero-order valence-electron chi connectivity index (χ0n) is 17.1. The number of nitrogens with zero attached hydrogens (tertiary/aromatic N) is 2. The van der Waals surface area contributed by atoms with E-state index < -0.39 is 6.04 Å². The predicted octanol–water partition coefficient (Wildman–Crippen LogP) is 2.08. The number of carbonyl (C=O) groups excluding carboxylic acids is 2. The molecule has 1 aliphatic rings. The topological polar surface area (TPSA) is 100 Å². The van der Waals surface area contributed by atoms with E-state index in [4.69, 9.17) is 5.73 Å². The quantitative estimate of drug-likeness (QED) is 0.592. The van der Waals surface area contributed by atoms with Gasteiger partial charge in [-0.3, -0.25) is 14.5 Å². The normalized spacial score (nSPS) is 16.6. The number of benzene rings is 1. The minimum Gasteiger partial charge on any atom is -0.375 e. The number of amides is 2. The Morgan fingerprint density at radius 3 is 2.53 bits per heavy atom. The molecule has 2 atom stereocenters. The highest BCUT2D eigenvalue weighted by molar-refractivity contribution is 7.15. The number of thiazole rings is 1. The van der Waals surface area contributed by atoms with Crippen molar-refractivity contribution in [1.82, 2.24) is 20.5 Å². The van der Waals surface area contributed by atoms with Gasteiger partial charge in [0.25, 0.3) is 0 Å². The van der Waals surface area contributed by atoms with Crippen LogP contribution in [0.25, 0.3) is 0 Å². The molecule has 2 aromatic rings. The van der Waals surface area contributed by atoms with Crippen LogP contribution in [-0.2, 0) is 22.6 Å². The Balaban J connectivity index is 1.66. The Kier molecular flexibility index (Phi) is 7.75. The fourth-order valence-electron chi connectivity index (χ4n) is 3.53. The average molecular weight is 434 g/mol. The van der Waals surface area contributed by atoms with E-state index in [-0.39, 0.29) is 36.6 Å². The standard InChI is InChI=1S/C21H28FN5O2S/c1-14(27-9-3-2-4-10-27)19(28)26-18(11-15-5-7-16(22)8-6-15)20(29)24-12-17-13-25-21(23)30-17/h5-8,13-14,18H,2-4,9-12H2,1H3,(H2,23,25)(H,24,29)(H,26,28)/t14?,18-/m0/s1. The molecule has 7 nitrogen and oxygen atoms in total. The number of hydrogen-bond acceptors (Lipinski definition) is 6. The first-order chi connectivity index (χ1) is 14.4. The molecule has 30 heavy (non-hydrogen) atoms. The molecule has 2 heterocycles. The molecule has 162 valence electrons. The van der Waals surface area contributed by atoms with Crippen molar-refractivity contribution < 1.29 is 14.0 Å². The molecule has 0 radical (unpaired) electrons. The number of anilines is 1. The first kappa shape index (κ1) is 22.2. The van der Waals surface area contributed by atoms with Gasteiger partial charge in [-0.15, -0.1) is 11.3 Å². The SMILES string of the molecule is CC(C(=O)N[C@@H](Cc1ccc(F)cc1)C(=O)NCc1cnc(N)s1)N1CCCCC1. The van der Waals surface area contributed by atoms with Crippen molar-refractivity contribution >= 4 is 28.3 Å². The maximum absolute atomic E-state index is 13.2. The average Bonchev–Trinajstić information content (AvgIpc) is 3.18. The summed E-state index contributed by atoms with van der Waals surface area (Å²) in [7, 11) is 0. The van der Waals surface area contributed by atoms with Gasteiger partial charge in [0.05, 0.1) is 12.6 Å². The van der Waals surface area contributed by atoms with E-state index in [2.05, 4.69) is 20.5 Å². The van der Waals surface area contributed by atoms with Gasteiger partial charge in [0.2, 0.25) is 11.8 Å². The van der Waals surface area contributed by atoms with Crippen LogP contribution in [0.2, 0.25) is 0 Å². The van der Waals surface area contributed by atoms with Crippen molar-refractivity contribution in [2.45, 2.75) is 51.2 Å². The minimum atomic E-state index is -0.763. The third-order valence-electron chi connectivity index (χ3n) is 5.31. The van der Waals surface area contributed by atoms with Gasteiger partial charge in [-0.25, -0.2) is 9.37 Å². The lowest BCUT2D eigenvalue weighted by Gasteiger charge is -2.32. The molecular formula is C21H28FN5O2S. The Morgan fingerprint density at radius 2 is 1.90 bits per heavy atom. The lowest BCUT2D eigenvalue weighted by Crippen LogP contribution is -2.54. The first-order valence-electron chi connectivity index (χ1n) is 10.2. The monoisotopic (exact) mass is 433 g/mol. The number of aromatic nitrogens is 1. The number of nitrogens with one attached hydrogen (secondary N) is 2. The van der Waals surface area contributed by atoms with E-state index in [0.29, 0.717) is 5.13 Å². The molecule has 1 fully saturated rings. The molecule has 2 amide bonds. The summed E-state index contributed by atoms with van der Waals surface area (Å²) in [6.45, 7) is 3.92. The maximum Gasteiger partial charge on any atom is 0.243 e. The minimum absolute atomic E-state index is 0.179. The molecule has 4 N–H and O–H groups in total. The van der Waals surface area contributed by atoms with Crippen LogP contribution in [0.15, 0.2) is 30.5 Å². The van der Waals surface area contributed by atoms with Gasteiger partial charge < -0.3 is 16.4 Å². The van der Waals surface area contributed by atoms with Crippen LogP contribution >= 0.6 is 11.3 Å². The molecule has 1 aromatic heterocycles. The van der Waals surface area contributed by atoms with Crippen molar-refractivity contribution in [2.75, 3.05) is 18.8 Å². The number of nitrogens with two attached hydrogens (primary N) is 1. The molecule has 0 saturated carbocycles. The predicted molar refractivity (Wildman–Crippen MR) is 115 cm³/mol. The van der Waals surface area contributed by atoms with E-state index in [1.165, 1.54) is 29.9 Å². The summed E-state index contributed by atoms with van der Waals surface area (Å²) in [6, 6.07) is 4.88. The smallest absolute Gasteiger partial charge is 0.243 e. The Labute approximate surface area is 179 Å². The fraction of sp³-hybridized carbons (Fsp3) is 0.476. The van der Waals surface area contributed by atoms with E-state index in [1.54, 1.807) is 18.3 Å². The summed E-state index contributed by atoms with van der Waals surface area (Å²) in [6.07, 6.45) is 5.23. The molecular weight excluding hydrogens is 405 g/mol. The van der Waals surface area contributed by atoms with Gasteiger partial charge in [-0.2, -0.15) is 0 Å². The fourth-order valence-corrected chi connectivity index (χ4v) is 4.15. The largest absolute Gasteiger partial charge is 0.375 e. The molecule has 1 aliphatic heterocycles. The van der Waals surface area contributed by atoms with Crippen molar-refractivity contribution in [3.63, 3.8) is 0 Å². The second-order valence-electron chi connectivity index (χ2n) is 7.55. The van der Waals surface area contributed by atoms with Crippen LogP contribution in [0, 0.1) is 5.82 Å². The van der Waals surface area contributed by atoms with Crippen molar-refractivity contribution in [3.05, 3.63) is 46.7 Å². The highest BCUT2D eigenvalue weighted by Gasteiger charge is 2.27. The molecule has 1 aromatic carbocycles. The molecule has 0 bridgehead atoms. The number of rotatable bonds is 8. The van der Waals surface area contributed by atoms with Gasteiger partial charge in [-0.05, 0) is 50.6 Å². The highest BCUT2D eigenvalue weighted by atomic mass is 32.1. The van der Waals surface area contributed by atoms with E-state index in [0.717, 1.165) is 36.4 Å². The van der Waals surface area contributed by atoms with E-state index in [9.17, 15) is 14.0 Å². The summed E-state index contributed by atoms with van der Waals surface area (Å²) >= 11 is 1.30. The summed E-state index contributed by atoms with van der Waals surface area (Å²) in [5, 5.41) is 6.17. The molecule has 9 heteroatoms. The number of hydrogen-bond donors (Lipinski definition) is 3. The second kappa shape index (κ2) is 10.5. The Bertz CT molecular complexity index is 851. The van der Waals surface area contributed by atoms with Crippen LogP contribution in [0.4, 0.5) is 9.52 Å². The zero-order chi connectivity index (χ0) is 21.5. The number of likely N-dealkylation sites (tertiary alicyclic amines) is 1. The number of piperidine rings is 1. The van der Waals surface area contributed by atoms with Crippen LogP contribution in [0.5, 0.6) is 0 Å². The Morgan fingerprint density at radius 1 is 1.20 bits per heavy atom. The van der Waals surface area contributed by atoms with E-state index in [1.807, 2.05) is 6.92 Å². The molecule has 1 saturated heterocycles. The zero-order valence-corrected chi connectivity index (χ0v) is 17.9. The van der Waals surface area contributed by atoms with Crippen LogP contribution < -0.4 is 16.4 Å². The number of halogens is 1. The lowest BCUT2D eigenvalue weighted by molar-refractivity contribution is -0.132. The van der Waals surface area contributed by atoms with Gasteiger partial charge in [0.1, 0.15) is 11.9 Å². The summed E-state index contributed by atoms with van der Waals surface area (Å²) in [5.74, 6) is -0.822. The first-order valence-corrected chi connectivity index (χ1v) is 11.0. The summed E-state index contributed by atoms with van der Waals surface area (Å²) in [4.78, 5) is 32.7. The summed E-state index contributed by atoms with van der Waals surface area (Å²) < 4.78 is 13.2. The second-order valence-corrected chi connectivity index (χ2v) is 8.69. The van der Waals surface area contributed by atoms with Gasteiger partial charge in [0, 0.05) is 17.5 Å². The number of carbonyl (C=O) groups is 2. The Hall–Kier alpha value is -2.52.